The zero-order chi connectivity index (χ0) is 20.2. The Labute approximate surface area is 170 Å². The zero-order valence-corrected chi connectivity index (χ0v) is 16.8. The maximum absolute atomic E-state index is 12.5. The Balaban J connectivity index is 1.50. The first kappa shape index (κ1) is 19.2. The second kappa shape index (κ2) is 8.47. The van der Waals surface area contributed by atoms with E-state index in [2.05, 4.69) is 17.1 Å². The number of amides is 1. The smallest absolute Gasteiger partial charge is 0.260 e. The topological polar surface area (TPSA) is 68.5 Å². The van der Waals surface area contributed by atoms with Crippen LogP contribution in [-0.4, -0.2) is 40.6 Å². The van der Waals surface area contributed by atoms with Gasteiger partial charge < -0.3 is 14.2 Å². The van der Waals surface area contributed by atoms with Gasteiger partial charge in [-0.25, -0.2) is 0 Å². The lowest BCUT2D eigenvalue weighted by molar-refractivity contribution is -0.135. The lowest BCUT2D eigenvalue weighted by atomic mass is 10.0. The molecule has 1 atom stereocenters. The molecular formula is C23H25N3O3. The molecule has 6 heteroatoms. The van der Waals surface area contributed by atoms with Crippen LogP contribution in [0.25, 0.3) is 22.8 Å². The van der Waals surface area contributed by atoms with Crippen LogP contribution in [0.15, 0.2) is 53.1 Å². The second-order valence-electron chi connectivity index (χ2n) is 7.61. The van der Waals surface area contributed by atoms with Gasteiger partial charge in [-0.2, -0.15) is 4.98 Å². The van der Waals surface area contributed by atoms with Gasteiger partial charge in [0.25, 0.3) is 11.8 Å². The maximum Gasteiger partial charge on any atom is 0.260 e. The number of likely N-dealkylation sites (tertiary alicyclic amines) is 1. The molecule has 0 radical (unpaired) electrons. The van der Waals surface area contributed by atoms with Crippen molar-refractivity contribution in [1.29, 1.82) is 0 Å². The molecule has 29 heavy (non-hydrogen) atoms. The normalized spacial score (nSPS) is 16.6. The van der Waals surface area contributed by atoms with Crippen molar-refractivity contribution in [1.82, 2.24) is 15.0 Å². The predicted octanol–water partition coefficient (Wildman–Crippen LogP) is 4.35. The number of rotatable bonds is 5. The highest BCUT2D eigenvalue weighted by atomic mass is 16.5. The van der Waals surface area contributed by atoms with E-state index >= 15 is 0 Å². The quantitative estimate of drug-likeness (QED) is 0.647. The maximum atomic E-state index is 12.5. The summed E-state index contributed by atoms with van der Waals surface area (Å²) >= 11 is 0. The number of nitrogens with zero attached hydrogens (tertiary/aromatic N) is 3. The summed E-state index contributed by atoms with van der Waals surface area (Å²) in [6.45, 7) is 5.79. The molecule has 2 aromatic carbocycles. The van der Waals surface area contributed by atoms with Crippen molar-refractivity contribution in [2.45, 2.75) is 26.7 Å². The number of para-hydroxylation sites is 1. The van der Waals surface area contributed by atoms with Gasteiger partial charge in [0, 0.05) is 18.7 Å². The summed E-state index contributed by atoms with van der Waals surface area (Å²) in [6.07, 6.45) is 2.22. The number of ether oxygens (including phenoxy) is 1. The SMILES string of the molecule is Cc1ccccc1-c1nc(-c2ccccc2OCC(=O)N2CCCC(C)C2)no1. The van der Waals surface area contributed by atoms with Crippen LogP contribution >= 0.6 is 0 Å². The Kier molecular flexibility index (Phi) is 5.60. The Morgan fingerprint density at radius 1 is 1.17 bits per heavy atom. The van der Waals surface area contributed by atoms with Crippen molar-refractivity contribution in [2.75, 3.05) is 19.7 Å². The first-order valence-corrected chi connectivity index (χ1v) is 10.0. The molecule has 4 rings (SSSR count). The number of aromatic nitrogens is 2. The average molecular weight is 391 g/mol. The van der Waals surface area contributed by atoms with E-state index in [1.165, 1.54) is 6.42 Å². The minimum absolute atomic E-state index is 0.00619. The van der Waals surface area contributed by atoms with E-state index in [4.69, 9.17) is 9.26 Å². The van der Waals surface area contributed by atoms with E-state index in [1.54, 1.807) is 0 Å². The van der Waals surface area contributed by atoms with Gasteiger partial charge >= 0.3 is 0 Å². The predicted molar refractivity (Wildman–Crippen MR) is 110 cm³/mol. The standard InChI is InChI=1S/C23H25N3O3/c1-16-8-7-13-26(14-16)21(27)15-28-20-12-6-5-11-19(20)22-24-23(29-25-22)18-10-4-3-9-17(18)2/h3-6,9-12,16H,7-8,13-15H2,1-2H3. The summed E-state index contributed by atoms with van der Waals surface area (Å²) in [5.74, 6) is 2.03. The molecule has 0 aliphatic carbocycles. The van der Waals surface area contributed by atoms with Gasteiger partial charge in [0.2, 0.25) is 5.82 Å². The van der Waals surface area contributed by atoms with Gasteiger partial charge in [0.1, 0.15) is 5.75 Å². The van der Waals surface area contributed by atoms with Crippen molar-refractivity contribution in [3.63, 3.8) is 0 Å². The van der Waals surface area contributed by atoms with Gasteiger partial charge in [-0.15, -0.1) is 0 Å². The zero-order valence-electron chi connectivity index (χ0n) is 16.8. The molecule has 1 unspecified atom stereocenters. The van der Waals surface area contributed by atoms with Gasteiger partial charge in [-0.05, 0) is 49.4 Å². The molecule has 2 heterocycles. The number of hydrogen-bond acceptors (Lipinski definition) is 5. The number of aryl methyl sites for hydroxylation is 1. The van der Waals surface area contributed by atoms with Gasteiger partial charge in [-0.3, -0.25) is 4.79 Å². The molecule has 0 N–H and O–H groups in total. The lowest BCUT2D eigenvalue weighted by Crippen LogP contribution is -2.41. The molecule has 1 amide bonds. The minimum Gasteiger partial charge on any atom is -0.483 e. The van der Waals surface area contributed by atoms with E-state index in [1.807, 2.05) is 60.4 Å². The van der Waals surface area contributed by atoms with Crippen molar-refractivity contribution in [2.24, 2.45) is 5.92 Å². The summed E-state index contributed by atoms with van der Waals surface area (Å²) in [5, 5.41) is 4.13. The summed E-state index contributed by atoms with van der Waals surface area (Å²) in [5.41, 5.74) is 2.67. The van der Waals surface area contributed by atoms with E-state index in [0.717, 1.165) is 30.6 Å². The molecular weight excluding hydrogens is 366 g/mol. The van der Waals surface area contributed by atoms with Crippen LogP contribution in [0.1, 0.15) is 25.3 Å². The number of carbonyl (C=O) groups excluding carboxylic acids is 1. The van der Waals surface area contributed by atoms with Crippen molar-refractivity contribution >= 4 is 5.91 Å². The third-order valence-electron chi connectivity index (χ3n) is 5.29. The molecule has 1 aromatic heterocycles. The molecule has 1 aliphatic heterocycles. The van der Waals surface area contributed by atoms with Crippen LogP contribution in [0.5, 0.6) is 5.75 Å². The Morgan fingerprint density at radius 3 is 2.72 bits per heavy atom. The lowest BCUT2D eigenvalue weighted by Gasteiger charge is -2.30. The summed E-state index contributed by atoms with van der Waals surface area (Å²) in [6, 6.07) is 15.3. The number of carbonyl (C=O) groups is 1. The molecule has 1 saturated heterocycles. The van der Waals surface area contributed by atoms with E-state index in [0.29, 0.717) is 28.9 Å². The first-order valence-electron chi connectivity index (χ1n) is 10.0. The van der Waals surface area contributed by atoms with Gasteiger partial charge in [0.15, 0.2) is 6.61 Å². The van der Waals surface area contributed by atoms with E-state index < -0.39 is 0 Å². The molecule has 0 saturated carbocycles. The van der Waals surface area contributed by atoms with Crippen LogP contribution in [0, 0.1) is 12.8 Å². The van der Waals surface area contributed by atoms with Crippen LogP contribution in [0.2, 0.25) is 0 Å². The fraction of sp³-hybridized carbons (Fsp3) is 0.348. The first-order chi connectivity index (χ1) is 14.1. The number of hydrogen-bond donors (Lipinski definition) is 0. The molecule has 0 bridgehead atoms. The molecule has 150 valence electrons. The monoisotopic (exact) mass is 391 g/mol. The second-order valence-corrected chi connectivity index (χ2v) is 7.61. The van der Waals surface area contributed by atoms with Crippen LogP contribution in [0.4, 0.5) is 0 Å². The third-order valence-corrected chi connectivity index (χ3v) is 5.29. The Bertz CT molecular complexity index is 998. The summed E-state index contributed by atoms with van der Waals surface area (Å²) < 4.78 is 11.3. The van der Waals surface area contributed by atoms with Crippen LogP contribution < -0.4 is 4.74 Å². The number of piperidine rings is 1. The van der Waals surface area contributed by atoms with Crippen LogP contribution in [-0.2, 0) is 4.79 Å². The fourth-order valence-corrected chi connectivity index (χ4v) is 3.68. The molecule has 0 spiro atoms. The largest absolute Gasteiger partial charge is 0.483 e. The number of benzene rings is 2. The van der Waals surface area contributed by atoms with Gasteiger partial charge in [0.05, 0.1) is 5.56 Å². The minimum atomic E-state index is 0.00619. The van der Waals surface area contributed by atoms with Crippen molar-refractivity contribution in [3.05, 3.63) is 54.1 Å². The van der Waals surface area contributed by atoms with Crippen molar-refractivity contribution < 1.29 is 14.1 Å². The van der Waals surface area contributed by atoms with E-state index in [9.17, 15) is 4.79 Å². The highest BCUT2D eigenvalue weighted by Crippen LogP contribution is 2.30. The molecule has 1 fully saturated rings. The Hall–Kier alpha value is -3.15. The fourth-order valence-electron chi connectivity index (χ4n) is 3.68. The molecule has 3 aromatic rings. The third kappa shape index (κ3) is 4.31. The summed E-state index contributed by atoms with van der Waals surface area (Å²) in [7, 11) is 0. The molecule has 1 aliphatic rings. The van der Waals surface area contributed by atoms with Gasteiger partial charge in [-0.1, -0.05) is 42.4 Å². The highest BCUT2D eigenvalue weighted by molar-refractivity contribution is 5.78. The highest BCUT2D eigenvalue weighted by Gasteiger charge is 2.22. The average Bonchev–Trinajstić information content (AvgIpc) is 3.22. The van der Waals surface area contributed by atoms with E-state index in [-0.39, 0.29) is 12.5 Å². The van der Waals surface area contributed by atoms with Crippen molar-refractivity contribution in [3.8, 4) is 28.6 Å². The molecule has 6 nitrogen and oxygen atoms in total. The Morgan fingerprint density at radius 2 is 1.93 bits per heavy atom. The van der Waals surface area contributed by atoms with Crippen LogP contribution in [0.3, 0.4) is 0 Å². The summed E-state index contributed by atoms with van der Waals surface area (Å²) in [4.78, 5) is 19.0.